The number of carboxylic acid groups (broad SMARTS) is 2. The van der Waals surface area contributed by atoms with Gasteiger partial charge in [0.05, 0.1) is 25.9 Å². The number of methoxy groups -OCH3 is 1. The van der Waals surface area contributed by atoms with Gasteiger partial charge in [-0.1, -0.05) is 12.1 Å². The van der Waals surface area contributed by atoms with Gasteiger partial charge in [0.1, 0.15) is 28.4 Å². The van der Waals surface area contributed by atoms with Crippen molar-refractivity contribution < 1.29 is 38.8 Å². The zero-order valence-electron chi connectivity index (χ0n) is 18.6. The molecule has 11 nitrogen and oxygen atoms in total. The lowest BCUT2D eigenvalue weighted by atomic mass is 9.95. The lowest BCUT2D eigenvalue weighted by Crippen LogP contribution is -2.24. The first-order valence-corrected chi connectivity index (χ1v) is 10.3. The number of rotatable bonds is 10. The number of aromatic amines is 1. The highest BCUT2D eigenvalue weighted by Gasteiger charge is 2.26. The fraction of sp³-hybridized carbons (Fsp3) is 0.167. The quantitative estimate of drug-likeness (QED) is 0.248. The van der Waals surface area contributed by atoms with Crippen molar-refractivity contribution in [1.82, 2.24) is 4.98 Å². The summed E-state index contributed by atoms with van der Waals surface area (Å²) in [5, 5.41) is 19.1. The van der Waals surface area contributed by atoms with Crippen LogP contribution in [0.4, 0.5) is 5.82 Å². The number of anilines is 1. The van der Waals surface area contributed by atoms with Crippen molar-refractivity contribution in [2.45, 2.75) is 6.42 Å². The first kappa shape index (κ1) is 24.8. The molecule has 182 valence electrons. The molecule has 1 heterocycles. The molecule has 3 aromatic rings. The summed E-state index contributed by atoms with van der Waals surface area (Å²) in [5.41, 5.74) is 3.63. The molecule has 0 saturated heterocycles. The smallest absolute Gasteiger partial charge is 0.342 e. The van der Waals surface area contributed by atoms with Crippen molar-refractivity contribution in [3.8, 4) is 22.6 Å². The van der Waals surface area contributed by atoms with E-state index < -0.39 is 40.4 Å². The Labute approximate surface area is 198 Å². The third kappa shape index (κ3) is 5.77. The van der Waals surface area contributed by atoms with Crippen LogP contribution in [0.5, 0.6) is 11.5 Å². The molecular weight excluding hydrogens is 460 g/mol. The molecule has 11 heteroatoms. The number of hydrogen-bond acceptors (Lipinski definition) is 8. The topological polar surface area (TPSA) is 178 Å². The van der Waals surface area contributed by atoms with E-state index in [0.29, 0.717) is 30.1 Å². The minimum atomic E-state index is -1.59. The summed E-state index contributed by atoms with van der Waals surface area (Å²) >= 11 is 0. The number of carbonyl (C=O) groups is 3. The Bertz CT molecular complexity index is 1310. The van der Waals surface area contributed by atoms with Gasteiger partial charge < -0.3 is 35.1 Å². The zero-order valence-corrected chi connectivity index (χ0v) is 18.6. The average Bonchev–Trinajstić information content (AvgIpc) is 2.82. The van der Waals surface area contributed by atoms with Gasteiger partial charge in [-0.2, -0.15) is 0 Å². The summed E-state index contributed by atoms with van der Waals surface area (Å²) in [6, 6.07) is 12.5. The maximum Gasteiger partial charge on any atom is 0.342 e. The molecule has 0 atom stereocenters. The Balaban J connectivity index is 1.70. The van der Waals surface area contributed by atoms with Crippen LogP contribution in [-0.2, 0) is 4.74 Å². The van der Waals surface area contributed by atoms with Crippen LogP contribution in [0.15, 0.2) is 53.3 Å². The van der Waals surface area contributed by atoms with Crippen LogP contribution in [0.25, 0.3) is 11.1 Å². The molecule has 0 aliphatic rings. The number of aromatic nitrogens is 1. The summed E-state index contributed by atoms with van der Waals surface area (Å²) in [7, 11) is 1.30. The maximum atomic E-state index is 12.2. The van der Waals surface area contributed by atoms with Crippen LogP contribution in [0.3, 0.4) is 0 Å². The van der Waals surface area contributed by atoms with E-state index in [9.17, 15) is 29.4 Å². The molecule has 0 radical (unpaired) electrons. The number of esters is 1. The highest BCUT2D eigenvalue weighted by atomic mass is 16.5. The second-order valence-corrected chi connectivity index (χ2v) is 7.20. The van der Waals surface area contributed by atoms with E-state index in [2.05, 4.69) is 9.72 Å². The number of carbonyl (C=O) groups excluding carboxylic acids is 1. The summed E-state index contributed by atoms with van der Waals surface area (Å²) in [6.45, 7) is 0.549. The predicted molar refractivity (Wildman–Crippen MR) is 124 cm³/mol. The van der Waals surface area contributed by atoms with Gasteiger partial charge in [-0.3, -0.25) is 4.79 Å². The summed E-state index contributed by atoms with van der Waals surface area (Å²) < 4.78 is 15.9. The number of H-pyrrole nitrogens is 1. The van der Waals surface area contributed by atoms with E-state index >= 15 is 0 Å². The van der Waals surface area contributed by atoms with Crippen molar-refractivity contribution >= 4 is 23.7 Å². The van der Waals surface area contributed by atoms with Crippen molar-refractivity contribution in [2.24, 2.45) is 0 Å². The molecule has 3 rings (SSSR count). The van der Waals surface area contributed by atoms with Crippen LogP contribution in [-0.4, -0.2) is 53.4 Å². The SMILES string of the molecule is COC(=O)c1ccc(OCCCOc2cccc(-c3c(C(=O)O)c(N)[nH]c(=O)c3C(=O)O)c2)cc1. The molecule has 2 aromatic carbocycles. The van der Waals surface area contributed by atoms with Crippen LogP contribution < -0.4 is 20.8 Å². The van der Waals surface area contributed by atoms with Gasteiger partial charge >= 0.3 is 17.9 Å². The van der Waals surface area contributed by atoms with Crippen LogP contribution in [0.1, 0.15) is 37.5 Å². The number of aromatic carboxylic acids is 2. The molecule has 0 bridgehead atoms. The number of nitrogen functional groups attached to an aromatic ring is 1. The number of nitrogens with one attached hydrogen (secondary N) is 1. The summed E-state index contributed by atoms with van der Waals surface area (Å²) in [4.78, 5) is 49.1. The summed E-state index contributed by atoms with van der Waals surface area (Å²) in [5.74, 6) is -3.08. The number of ether oxygens (including phenoxy) is 3. The summed E-state index contributed by atoms with van der Waals surface area (Å²) in [6.07, 6.45) is 0.488. The molecule has 0 unspecified atom stereocenters. The monoisotopic (exact) mass is 482 g/mol. The van der Waals surface area contributed by atoms with E-state index in [1.165, 1.54) is 19.2 Å². The van der Waals surface area contributed by atoms with E-state index in [1.807, 2.05) is 0 Å². The van der Waals surface area contributed by atoms with Crippen molar-refractivity contribution in [3.63, 3.8) is 0 Å². The lowest BCUT2D eigenvalue weighted by Gasteiger charge is -2.13. The molecular formula is C24H22N2O9. The molecule has 0 saturated carbocycles. The predicted octanol–water partition coefficient (Wildman–Crippen LogP) is 2.66. The Morgan fingerprint density at radius 1 is 0.914 bits per heavy atom. The van der Waals surface area contributed by atoms with Crippen LogP contribution >= 0.6 is 0 Å². The molecule has 5 N–H and O–H groups in total. The number of benzene rings is 2. The minimum absolute atomic E-state index is 0.150. The largest absolute Gasteiger partial charge is 0.493 e. The highest BCUT2D eigenvalue weighted by molar-refractivity contribution is 6.07. The molecule has 0 aliphatic carbocycles. The normalized spacial score (nSPS) is 10.4. The lowest BCUT2D eigenvalue weighted by molar-refractivity contribution is 0.0598. The minimum Gasteiger partial charge on any atom is -0.493 e. The Morgan fingerprint density at radius 3 is 2.14 bits per heavy atom. The fourth-order valence-corrected chi connectivity index (χ4v) is 3.32. The standard InChI is InChI=1S/C24H22N2O9/c1-33-24(32)13-6-8-15(9-7-13)34-10-3-11-35-16-5-2-4-14(12-16)17-18(22(28)29)20(25)26-21(27)19(17)23(30)31/h2,4-9,12H,3,10-11H2,1H3,(H,28,29)(H,30,31)(H3,25,26,27). The van der Waals surface area contributed by atoms with Gasteiger partial charge in [-0.05, 0) is 42.0 Å². The number of pyridine rings is 1. The van der Waals surface area contributed by atoms with Crippen molar-refractivity contribution in [3.05, 3.63) is 75.6 Å². The first-order chi connectivity index (χ1) is 16.7. The van der Waals surface area contributed by atoms with Gasteiger partial charge in [-0.15, -0.1) is 0 Å². The Morgan fingerprint density at radius 2 is 1.54 bits per heavy atom. The van der Waals surface area contributed by atoms with Gasteiger partial charge in [0, 0.05) is 12.0 Å². The van der Waals surface area contributed by atoms with E-state index in [4.69, 9.17) is 15.2 Å². The average molecular weight is 482 g/mol. The van der Waals surface area contributed by atoms with Gasteiger partial charge in [0.25, 0.3) is 5.56 Å². The molecule has 0 fully saturated rings. The number of hydrogen-bond donors (Lipinski definition) is 4. The highest BCUT2D eigenvalue weighted by Crippen LogP contribution is 2.31. The van der Waals surface area contributed by atoms with Crippen molar-refractivity contribution in [1.29, 1.82) is 0 Å². The second-order valence-electron chi connectivity index (χ2n) is 7.20. The van der Waals surface area contributed by atoms with E-state index in [-0.39, 0.29) is 17.7 Å². The molecule has 0 amide bonds. The van der Waals surface area contributed by atoms with Crippen molar-refractivity contribution in [2.75, 3.05) is 26.1 Å². The van der Waals surface area contributed by atoms with E-state index in [1.54, 1.807) is 36.4 Å². The second kappa shape index (κ2) is 10.9. The molecule has 0 spiro atoms. The molecule has 1 aromatic heterocycles. The third-order valence-corrected chi connectivity index (χ3v) is 4.90. The maximum absolute atomic E-state index is 12.2. The van der Waals surface area contributed by atoms with Crippen LogP contribution in [0.2, 0.25) is 0 Å². The van der Waals surface area contributed by atoms with E-state index in [0.717, 1.165) is 0 Å². The zero-order chi connectivity index (χ0) is 25.5. The first-order valence-electron chi connectivity index (χ1n) is 10.3. The van der Waals surface area contributed by atoms with Crippen LogP contribution in [0, 0.1) is 0 Å². The fourth-order valence-electron chi connectivity index (χ4n) is 3.32. The van der Waals surface area contributed by atoms with Gasteiger partial charge in [0.15, 0.2) is 0 Å². The Hall–Kier alpha value is -4.80. The Kier molecular flexibility index (Phi) is 7.72. The molecule has 35 heavy (non-hydrogen) atoms. The number of nitrogens with two attached hydrogens (primary N) is 1. The molecule has 0 aliphatic heterocycles. The number of carboxylic acids is 2. The van der Waals surface area contributed by atoms with Gasteiger partial charge in [-0.25, -0.2) is 14.4 Å². The van der Waals surface area contributed by atoms with Gasteiger partial charge in [0.2, 0.25) is 0 Å². The third-order valence-electron chi connectivity index (χ3n) is 4.90.